The van der Waals surface area contributed by atoms with Crippen molar-refractivity contribution in [2.24, 2.45) is 0 Å². The summed E-state index contributed by atoms with van der Waals surface area (Å²) in [5.74, 6) is -0.454. The van der Waals surface area contributed by atoms with Crippen LogP contribution in [-0.4, -0.2) is 11.5 Å². The molecule has 0 radical (unpaired) electrons. The van der Waals surface area contributed by atoms with Crippen LogP contribution in [0.15, 0.2) is 40.9 Å². The zero-order valence-corrected chi connectivity index (χ0v) is 15.9. The van der Waals surface area contributed by atoms with E-state index < -0.39 is 0 Å². The first kappa shape index (κ1) is 16.7. The summed E-state index contributed by atoms with van der Waals surface area (Å²) in [6.07, 6.45) is 0.788. The average molecular weight is 421 g/mol. The first-order chi connectivity index (χ1) is 12.0. The third-order valence-electron chi connectivity index (χ3n) is 4.43. The first-order valence-corrected chi connectivity index (χ1v) is 9.57. The van der Waals surface area contributed by atoms with Crippen LogP contribution in [0.3, 0.4) is 0 Å². The normalized spacial score (nSPS) is 13.8. The molecule has 1 aliphatic heterocycles. The highest BCUT2D eigenvalue weighted by molar-refractivity contribution is 9.10. The van der Waals surface area contributed by atoms with Crippen molar-refractivity contribution in [1.82, 2.24) is 4.98 Å². The Kier molecular flexibility index (Phi) is 4.33. The topological polar surface area (TPSA) is 16.1 Å². The number of thiazole rings is 1. The third kappa shape index (κ3) is 3.20. The number of anilines is 1. The number of hydrogen-bond acceptors (Lipinski definition) is 3. The summed E-state index contributed by atoms with van der Waals surface area (Å²) in [5.41, 5.74) is 3.98. The van der Waals surface area contributed by atoms with Gasteiger partial charge in [0, 0.05) is 28.0 Å². The Morgan fingerprint density at radius 3 is 2.64 bits per heavy atom. The summed E-state index contributed by atoms with van der Waals surface area (Å²) in [7, 11) is 0. The summed E-state index contributed by atoms with van der Waals surface area (Å²) >= 11 is 5.11. The van der Waals surface area contributed by atoms with Crippen LogP contribution in [0.5, 0.6) is 0 Å². The van der Waals surface area contributed by atoms with E-state index in [9.17, 15) is 8.78 Å². The van der Waals surface area contributed by atoms with Crippen molar-refractivity contribution in [3.8, 4) is 11.3 Å². The molecular formula is C19H15BrF2N2S. The van der Waals surface area contributed by atoms with Gasteiger partial charge in [-0.05, 0) is 60.9 Å². The number of nitrogens with zero attached hydrogens (tertiary/aromatic N) is 2. The zero-order chi connectivity index (χ0) is 17.6. The number of benzene rings is 2. The molecule has 1 aliphatic rings. The summed E-state index contributed by atoms with van der Waals surface area (Å²) in [5, 5.41) is 0.943. The van der Waals surface area contributed by atoms with Gasteiger partial charge in [0.25, 0.3) is 0 Å². The lowest BCUT2D eigenvalue weighted by molar-refractivity contribution is 0.617. The van der Waals surface area contributed by atoms with E-state index in [1.165, 1.54) is 18.2 Å². The van der Waals surface area contributed by atoms with Gasteiger partial charge in [0.15, 0.2) is 5.13 Å². The number of halogens is 3. The second kappa shape index (κ2) is 6.50. The third-order valence-corrected chi connectivity index (χ3v) is 6.17. The quantitative estimate of drug-likeness (QED) is 0.526. The van der Waals surface area contributed by atoms with Crippen molar-refractivity contribution in [1.29, 1.82) is 0 Å². The molecule has 128 valence electrons. The van der Waals surface area contributed by atoms with Crippen molar-refractivity contribution < 1.29 is 8.78 Å². The van der Waals surface area contributed by atoms with Crippen LogP contribution in [0.25, 0.3) is 11.3 Å². The molecule has 25 heavy (non-hydrogen) atoms. The minimum absolute atomic E-state index is 0.206. The van der Waals surface area contributed by atoms with E-state index in [1.54, 1.807) is 29.5 Å². The second-order valence-corrected chi connectivity index (χ2v) is 8.14. The highest BCUT2D eigenvalue weighted by Gasteiger charge is 2.23. The lowest BCUT2D eigenvalue weighted by Gasteiger charge is -2.29. The number of hydrogen-bond donors (Lipinski definition) is 0. The molecule has 0 bridgehead atoms. The molecule has 0 saturated carbocycles. The Hall–Kier alpha value is -1.79. The molecule has 6 heteroatoms. The van der Waals surface area contributed by atoms with E-state index in [1.807, 2.05) is 6.92 Å². The van der Waals surface area contributed by atoms with Crippen LogP contribution in [0, 0.1) is 18.6 Å². The molecular weight excluding hydrogens is 406 g/mol. The maximum atomic E-state index is 13.6. The molecule has 0 N–H and O–H groups in total. The van der Waals surface area contributed by atoms with E-state index in [0.717, 1.165) is 49.8 Å². The fraction of sp³-hybridized carbons (Fsp3) is 0.211. The van der Waals surface area contributed by atoms with E-state index in [2.05, 4.69) is 20.8 Å². The van der Waals surface area contributed by atoms with Gasteiger partial charge < -0.3 is 4.90 Å². The Morgan fingerprint density at radius 2 is 1.88 bits per heavy atom. The van der Waals surface area contributed by atoms with Crippen molar-refractivity contribution in [3.63, 3.8) is 0 Å². The fourth-order valence-corrected chi connectivity index (χ4v) is 4.69. The van der Waals surface area contributed by atoms with E-state index in [0.29, 0.717) is 6.54 Å². The van der Waals surface area contributed by atoms with Crippen molar-refractivity contribution in [3.05, 3.63) is 68.5 Å². The average Bonchev–Trinajstić information content (AvgIpc) is 2.97. The molecule has 2 nitrogen and oxygen atoms in total. The van der Waals surface area contributed by atoms with Crippen LogP contribution >= 0.6 is 27.3 Å². The molecule has 4 rings (SSSR count). The zero-order valence-electron chi connectivity index (χ0n) is 13.5. The predicted octanol–water partition coefficient (Wildman–Crippen LogP) is 5.72. The molecule has 0 amide bonds. The molecule has 0 spiro atoms. The lowest BCUT2D eigenvalue weighted by atomic mass is 10.00. The van der Waals surface area contributed by atoms with Crippen molar-refractivity contribution in [2.45, 2.75) is 19.9 Å². The van der Waals surface area contributed by atoms with Gasteiger partial charge in [0.05, 0.1) is 5.69 Å². The fourth-order valence-electron chi connectivity index (χ4n) is 3.14. The van der Waals surface area contributed by atoms with Crippen molar-refractivity contribution in [2.75, 3.05) is 11.4 Å². The Bertz CT molecular complexity index is 937. The van der Waals surface area contributed by atoms with E-state index in [-0.39, 0.29) is 11.6 Å². The maximum absolute atomic E-state index is 13.6. The number of aromatic nitrogens is 1. The molecule has 3 aromatic rings. The van der Waals surface area contributed by atoms with Gasteiger partial charge in [-0.2, -0.15) is 0 Å². The van der Waals surface area contributed by atoms with Crippen LogP contribution in [0.1, 0.15) is 16.0 Å². The van der Waals surface area contributed by atoms with E-state index in [4.69, 9.17) is 4.98 Å². The minimum Gasteiger partial charge on any atom is -0.343 e. The standard InChI is InChI=1S/C19H15BrF2N2S/c1-11-18(12-2-4-14(21)5-3-12)23-19(25-11)24-7-6-13-8-15(22)9-17(20)16(13)10-24/h2-5,8-9H,6-7,10H2,1H3. The van der Waals surface area contributed by atoms with Gasteiger partial charge in [-0.15, -0.1) is 11.3 Å². The minimum atomic E-state index is -0.249. The lowest BCUT2D eigenvalue weighted by Crippen LogP contribution is -2.30. The summed E-state index contributed by atoms with van der Waals surface area (Å²) < 4.78 is 27.5. The van der Waals surface area contributed by atoms with Gasteiger partial charge in [-0.3, -0.25) is 0 Å². The molecule has 2 heterocycles. The molecule has 0 unspecified atom stereocenters. The van der Waals surface area contributed by atoms with Crippen LogP contribution in [-0.2, 0) is 13.0 Å². The molecule has 0 atom stereocenters. The van der Waals surface area contributed by atoms with Gasteiger partial charge in [0.1, 0.15) is 11.6 Å². The van der Waals surface area contributed by atoms with E-state index >= 15 is 0 Å². The van der Waals surface area contributed by atoms with Crippen molar-refractivity contribution >= 4 is 32.4 Å². The van der Waals surface area contributed by atoms with Gasteiger partial charge in [-0.1, -0.05) is 15.9 Å². The number of rotatable bonds is 2. The largest absolute Gasteiger partial charge is 0.343 e. The molecule has 0 saturated heterocycles. The smallest absolute Gasteiger partial charge is 0.186 e. The van der Waals surface area contributed by atoms with Crippen LogP contribution in [0.2, 0.25) is 0 Å². The Labute approximate surface area is 157 Å². The highest BCUT2D eigenvalue weighted by Crippen LogP contribution is 2.36. The maximum Gasteiger partial charge on any atom is 0.186 e. The SMILES string of the molecule is Cc1sc(N2CCc3cc(F)cc(Br)c3C2)nc1-c1ccc(F)cc1. The summed E-state index contributed by atoms with van der Waals surface area (Å²) in [6.45, 7) is 3.54. The monoisotopic (exact) mass is 420 g/mol. The first-order valence-electron chi connectivity index (χ1n) is 7.96. The Balaban J connectivity index is 1.65. The van der Waals surface area contributed by atoms with Gasteiger partial charge in [0.2, 0.25) is 0 Å². The molecule has 0 aliphatic carbocycles. The van der Waals surface area contributed by atoms with Crippen LogP contribution < -0.4 is 4.90 Å². The molecule has 2 aromatic carbocycles. The number of aryl methyl sites for hydroxylation is 1. The molecule has 0 fully saturated rings. The van der Waals surface area contributed by atoms with Gasteiger partial charge >= 0.3 is 0 Å². The number of fused-ring (bicyclic) bond motifs is 1. The Morgan fingerprint density at radius 1 is 1.12 bits per heavy atom. The summed E-state index contributed by atoms with van der Waals surface area (Å²) in [4.78, 5) is 8.11. The van der Waals surface area contributed by atoms with Crippen LogP contribution in [0.4, 0.5) is 13.9 Å². The molecule has 1 aromatic heterocycles. The predicted molar refractivity (Wildman–Crippen MR) is 101 cm³/mol. The summed E-state index contributed by atoms with van der Waals surface area (Å²) in [6, 6.07) is 9.55. The second-order valence-electron chi connectivity index (χ2n) is 6.10. The van der Waals surface area contributed by atoms with Gasteiger partial charge in [-0.25, -0.2) is 13.8 Å². The highest BCUT2D eigenvalue weighted by atomic mass is 79.9.